The quantitative estimate of drug-likeness (QED) is 0.768. The fraction of sp³-hybridized carbons (Fsp3) is 0.250. The predicted molar refractivity (Wildman–Crippen MR) is 99.8 cm³/mol. The van der Waals surface area contributed by atoms with E-state index in [9.17, 15) is 18.8 Å². The normalized spacial score (nSPS) is 17.9. The fourth-order valence-electron chi connectivity index (χ4n) is 3.14. The summed E-state index contributed by atoms with van der Waals surface area (Å²) in [4.78, 5) is 38.5. The molecule has 2 aromatic rings. The van der Waals surface area contributed by atoms with Crippen molar-refractivity contribution in [1.29, 1.82) is 0 Å². The van der Waals surface area contributed by atoms with E-state index in [2.05, 4.69) is 10.6 Å². The zero-order chi connectivity index (χ0) is 20.5. The molecular formula is C20H18FN3O5. The van der Waals surface area contributed by atoms with Gasteiger partial charge in [0.05, 0.1) is 6.54 Å². The van der Waals surface area contributed by atoms with Gasteiger partial charge in [0.15, 0.2) is 11.5 Å². The van der Waals surface area contributed by atoms with Crippen molar-refractivity contribution in [2.75, 3.05) is 18.7 Å². The number of imide groups is 1. The molecular weight excluding hydrogens is 381 g/mol. The number of benzene rings is 2. The molecule has 0 bridgehead atoms. The van der Waals surface area contributed by atoms with Crippen molar-refractivity contribution < 1.29 is 28.2 Å². The van der Waals surface area contributed by atoms with Gasteiger partial charge in [-0.25, -0.2) is 9.18 Å². The number of carbonyl (C=O) groups is 3. The Morgan fingerprint density at radius 1 is 1.21 bits per heavy atom. The summed E-state index contributed by atoms with van der Waals surface area (Å²) in [5, 5.41) is 5.08. The molecule has 1 atom stereocenters. The van der Waals surface area contributed by atoms with Crippen LogP contribution in [-0.2, 0) is 16.1 Å². The van der Waals surface area contributed by atoms with Crippen LogP contribution in [0.2, 0.25) is 0 Å². The lowest BCUT2D eigenvalue weighted by Gasteiger charge is -2.30. The van der Waals surface area contributed by atoms with E-state index in [0.29, 0.717) is 22.6 Å². The highest BCUT2D eigenvalue weighted by Crippen LogP contribution is 2.33. The monoisotopic (exact) mass is 399 g/mol. The molecule has 9 heteroatoms. The number of amides is 4. The highest BCUT2D eigenvalue weighted by molar-refractivity contribution is 6.12. The van der Waals surface area contributed by atoms with Crippen LogP contribution in [0.25, 0.3) is 0 Å². The van der Waals surface area contributed by atoms with Crippen LogP contribution in [-0.4, -0.2) is 36.1 Å². The summed E-state index contributed by atoms with van der Waals surface area (Å²) < 4.78 is 24.2. The molecule has 2 aromatic carbocycles. The molecule has 4 rings (SSSR count). The number of urea groups is 1. The number of ether oxygens (including phenoxy) is 2. The van der Waals surface area contributed by atoms with Crippen molar-refractivity contribution in [2.45, 2.75) is 13.5 Å². The standard InChI is InChI=1S/C20H18FN3O5/c1-11-2-4-13(7-15(11)21)23-18(25)14-8-22-20(27)24(19(14)26)9-12-3-5-16-17(6-12)29-10-28-16/h2-7,14H,8-10H2,1H3,(H,22,27)(H,23,25). The molecule has 150 valence electrons. The Kier molecular flexibility index (Phi) is 4.79. The molecule has 0 aliphatic carbocycles. The van der Waals surface area contributed by atoms with E-state index in [4.69, 9.17) is 9.47 Å². The van der Waals surface area contributed by atoms with Crippen molar-refractivity contribution in [2.24, 2.45) is 5.92 Å². The van der Waals surface area contributed by atoms with Gasteiger partial charge in [-0.1, -0.05) is 12.1 Å². The largest absolute Gasteiger partial charge is 0.454 e. The third-order valence-corrected chi connectivity index (χ3v) is 4.80. The van der Waals surface area contributed by atoms with Crippen LogP contribution in [0.3, 0.4) is 0 Å². The van der Waals surface area contributed by atoms with Crippen LogP contribution in [0.15, 0.2) is 36.4 Å². The fourth-order valence-corrected chi connectivity index (χ4v) is 3.14. The minimum atomic E-state index is -1.12. The maximum atomic E-state index is 13.7. The predicted octanol–water partition coefficient (Wildman–Crippen LogP) is 2.17. The van der Waals surface area contributed by atoms with E-state index in [1.165, 1.54) is 12.1 Å². The van der Waals surface area contributed by atoms with Gasteiger partial charge in [-0.05, 0) is 42.3 Å². The number of halogens is 1. The summed E-state index contributed by atoms with van der Waals surface area (Å²) in [6, 6.07) is 8.77. The van der Waals surface area contributed by atoms with Crippen molar-refractivity contribution in [3.8, 4) is 11.5 Å². The van der Waals surface area contributed by atoms with Gasteiger partial charge in [0, 0.05) is 12.2 Å². The smallest absolute Gasteiger partial charge is 0.324 e. The first-order valence-corrected chi connectivity index (χ1v) is 8.97. The highest BCUT2D eigenvalue weighted by Gasteiger charge is 2.38. The average Bonchev–Trinajstić information content (AvgIpc) is 3.16. The lowest BCUT2D eigenvalue weighted by Crippen LogP contribution is -2.57. The summed E-state index contributed by atoms with van der Waals surface area (Å²) in [5.41, 5.74) is 1.34. The first-order valence-electron chi connectivity index (χ1n) is 8.97. The lowest BCUT2D eigenvalue weighted by atomic mass is 10.0. The molecule has 0 spiro atoms. The van der Waals surface area contributed by atoms with Crippen LogP contribution in [0.1, 0.15) is 11.1 Å². The Morgan fingerprint density at radius 3 is 2.79 bits per heavy atom. The van der Waals surface area contributed by atoms with Crippen LogP contribution >= 0.6 is 0 Å². The lowest BCUT2D eigenvalue weighted by molar-refractivity contribution is -0.139. The number of carbonyl (C=O) groups excluding carboxylic acids is 3. The number of nitrogens with one attached hydrogen (secondary N) is 2. The summed E-state index contributed by atoms with van der Waals surface area (Å²) in [6.07, 6.45) is 0. The van der Waals surface area contributed by atoms with Crippen molar-refractivity contribution in [3.63, 3.8) is 0 Å². The molecule has 2 aliphatic heterocycles. The molecule has 0 saturated carbocycles. The third kappa shape index (κ3) is 3.71. The van der Waals surface area contributed by atoms with E-state index >= 15 is 0 Å². The number of fused-ring (bicyclic) bond motifs is 1. The van der Waals surface area contributed by atoms with E-state index in [1.54, 1.807) is 31.2 Å². The van der Waals surface area contributed by atoms with Crippen molar-refractivity contribution >= 4 is 23.5 Å². The van der Waals surface area contributed by atoms with E-state index in [0.717, 1.165) is 4.90 Å². The Balaban J connectivity index is 1.48. The van der Waals surface area contributed by atoms with Gasteiger partial charge >= 0.3 is 6.03 Å². The Bertz CT molecular complexity index is 1010. The number of aryl methyl sites for hydroxylation is 1. The van der Waals surface area contributed by atoms with Crippen LogP contribution in [0.4, 0.5) is 14.9 Å². The molecule has 2 heterocycles. The van der Waals surface area contributed by atoms with Gasteiger partial charge in [-0.3, -0.25) is 14.5 Å². The van der Waals surface area contributed by atoms with Gasteiger partial charge in [0.1, 0.15) is 11.7 Å². The maximum Gasteiger partial charge on any atom is 0.324 e. The Labute approximate surface area is 165 Å². The Hall–Kier alpha value is -3.62. The van der Waals surface area contributed by atoms with Crippen molar-refractivity contribution in [1.82, 2.24) is 10.2 Å². The minimum absolute atomic E-state index is 0.0236. The van der Waals surface area contributed by atoms with Gasteiger partial charge in [-0.15, -0.1) is 0 Å². The summed E-state index contributed by atoms with van der Waals surface area (Å²) >= 11 is 0. The van der Waals surface area contributed by atoms with Gasteiger partial charge < -0.3 is 20.1 Å². The molecule has 1 saturated heterocycles. The first-order chi connectivity index (χ1) is 13.9. The van der Waals surface area contributed by atoms with E-state index in [1.807, 2.05) is 0 Å². The SMILES string of the molecule is Cc1ccc(NC(=O)C2CNC(=O)N(Cc3ccc4c(c3)OCO4)C2=O)cc1F. The zero-order valence-electron chi connectivity index (χ0n) is 15.5. The summed E-state index contributed by atoms with van der Waals surface area (Å²) in [7, 11) is 0. The second-order valence-electron chi connectivity index (χ2n) is 6.80. The zero-order valence-corrected chi connectivity index (χ0v) is 15.5. The maximum absolute atomic E-state index is 13.7. The molecule has 0 aromatic heterocycles. The third-order valence-electron chi connectivity index (χ3n) is 4.80. The molecule has 2 aliphatic rings. The minimum Gasteiger partial charge on any atom is -0.454 e. The topological polar surface area (TPSA) is 97.0 Å². The molecule has 1 unspecified atom stereocenters. The number of nitrogens with zero attached hydrogens (tertiary/aromatic N) is 1. The summed E-state index contributed by atoms with van der Waals surface area (Å²) in [5.74, 6) is -1.71. The van der Waals surface area contributed by atoms with E-state index < -0.39 is 29.6 Å². The second kappa shape index (κ2) is 7.42. The first kappa shape index (κ1) is 18.7. The number of hydrogen-bond acceptors (Lipinski definition) is 5. The molecule has 4 amide bonds. The van der Waals surface area contributed by atoms with Gasteiger partial charge in [-0.2, -0.15) is 0 Å². The van der Waals surface area contributed by atoms with Gasteiger partial charge in [0.2, 0.25) is 18.6 Å². The average molecular weight is 399 g/mol. The number of rotatable bonds is 4. The van der Waals surface area contributed by atoms with Crippen LogP contribution < -0.4 is 20.1 Å². The second-order valence-corrected chi connectivity index (χ2v) is 6.80. The van der Waals surface area contributed by atoms with Crippen molar-refractivity contribution in [3.05, 3.63) is 53.3 Å². The van der Waals surface area contributed by atoms with E-state index in [-0.39, 0.29) is 25.6 Å². The van der Waals surface area contributed by atoms with Gasteiger partial charge in [0.25, 0.3) is 0 Å². The molecule has 29 heavy (non-hydrogen) atoms. The molecule has 8 nitrogen and oxygen atoms in total. The molecule has 0 radical (unpaired) electrons. The molecule has 2 N–H and O–H groups in total. The number of anilines is 1. The summed E-state index contributed by atoms with van der Waals surface area (Å²) in [6.45, 7) is 1.57. The Morgan fingerprint density at radius 2 is 2.00 bits per heavy atom. The van der Waals surface area contributed by atoms with Crippen LogP contribution in [0, 0.1) is 18.7 Å². The number of hydrogen-bond donors (Lipinski definition) is 2. The highest BCUT2D eigenvalue weighted by atomic mass is 19.1. The van der Waals surface area contributed by atoms with Crippen LogP contribution in [0.5, 0.6) is 11.5 Å². The molecule has 1 fully saturated rings.